The van der Waals surface area contributed by atoms with E-state index < -0.39 is 0 Å². The minimum Gasteiger partial charge on any atom is -0.383 e. The number of rotatable bonds is 4. The van der Waals surface area contributed by atoms with Crippen LogP contribution in [-0.2, 0) is 11.3 Å². The van der Waals surface area contributed by atoms with Crippen LogP contribution in [0.25, 0.3) is 11.0 Å². The highest BCUT2D eigenvalue weighted by Crippen LogP contribution is 2.24. The van der Waals surface area contributed by atoms with E-state index in [9.17, 15) is 4.79 Å². The summed E-state index contributed by atoms with van der Waals surface area (Å²) in [5, 5.41) is 0.596. The zero-order chi connectivity index (χ0) is 12.4. The van der Waals surface area contributed by atoms with Gasteiger partial charge in [-0.05, 0) is 12.1 Å². The van der Waals surface area contributed by atoms with Crippen LogP contribution < -0.4 is 0 Å². The zero-order valence-electron chi connectivity index (χ0n) is 9.74. The van der Waals surface area contributed by atoms with Crippen LogP contribution >= 0.6 is 11.6 Å². The Morgan fingerprint density at radius 1 is 1.53 bits per heavy atom. The molecule has 17 heavy (non-hydrogen) atoms. The number of nitrogens with zero attached hydrogens (tertiary/aromatic N) is 2. The van der Waals surface area contributed by atoms with Gasteiger partial charge in [0.05, 0.1) is 22.7 Å². The van der Waals surface area contributed by atoms with Gasteiger partial charge in [0.25, 0.3) is 0 Å². The molecule has 0 saturated carbocycles. The van der Waals surface area contributed by atoms with E-state index >= 15 is 0 Å². The Bertz CT molecular complexity index is 563. The van der Waals surface area contributed by atoms with E-state index in [1.54, 1.807) is 13.2 Å². The van der Waals surface area contributed by atoms with Crippen LogP contribution in [0.5, 0.6) is 0 Å². The number of para-hydroxylation sites is 1. The number of ketones is 1. The van der Waals surface area contributed by atoms with Crippen LogP contribution in [0.3, 0.4) is 0 Å². The minimum atomic E-state index is -0.0756. The maximum Gasteiger partial charge on any atom is 0.195 e. The Morgan fingerprint density at radius 3 is 2.94 bits per heavy atom. The van der Waals surface area contributed by atoms with Crippen LogP contribution in [0.2, 0.25) is 5.02 Å². The van der Waals surface area contributed by atoms with Gasteiger partial charge in [0.1, 0.15) is 0 Å². The smallest absolute Gasteiger partial charge is 0.195 e. The summed E-state index contributed by atoms with van der Waals surface area (Å²) in [6.45, 7) is 2.57. The Hall–Kier alpha value is -1.39. The summed E-state index contributed by atoms with van der Waals surface area (Å²) in [7, 11) is 1.62. The summed E-state index contributed by atoms with van der Waals surface area (Å²) in [6, 6.07) is 5.46. The first-order valence-corrected chi connectivity index (χ1v) is 5.67. The average molecular weight is 253 g/mol. The van der Waals surface area contributed by atoms with Crippen LogP contribution in [-0.4, -0.2) is 29.1 Å². The summed E-state index contributed by atoms with van der Waals surface area (Å²) in [4.78, 5) is 15.8. The number of methoxy groups -OCH3 is 1. The van der Waals surface area contributed by atoms with Gasteiger partial charge in [0, 0.05) is 20.6 Å². The van der Waals surface area contributed by atoms with E-state index in [0.717, 1.165) is 11.0 Å². The van der Waals surface area contributed by atoms with Crippen molar-refractivity contribution in [3.8, 4) is 0 Å². The molecule has 0 aliphatic carbocycles. The van der Waals surface area contributed by atoms with Crippen molar-refractivity contribution in [2.45, 2.75) is 13.5 Å². The molecule has 0 amide bonds. The van der Waals surface area contributed by atoms with Crippen LogP contribution in [0.4, 0.5) is 0 Å². The molecule has 2 aromatic rings. The first kappa shape index (κ1) is 12.1. The largest absolute Gasteiger partial charge is 0.383 e. The highest BCUT2D eigenvalue weighted by molar-refractivity contribution is 6.35. The Labute approximate surface area is 104 Å². The maximum absolute atomic E-state index is 11.5. The Kier molecular flexibility index (Phi) is 3.45. The van der Waals surface area contributed by atoms with Crippen molar-refractivity contribution < 1.29 is 9.53 Å². The molecule has 0 unspecified atom stereocenters. The lowest BCUT2D eigenvalue weighted by molar-refractivity contribution is 0.0997. The lowest BCUT2D eigenvalue weighted by Crippen LogP contribution is -2.11. The first-order chi connectivity index (χ1) is 8.15. The summed E-state index contributed by atoms with van der Waals surface area (Å²) in [5.41, 5.74) is 1.52. The lowest BCUT2D eigenvalue weighted by atomic mass is 10.3. The van der Waals surface area contributed by atoms with E-state index in [-0.39, 0.29) is 5.78 Å². The molecule has 0 fully saturated rings. The third kappa shape index (κ3) is 2.18. The number of hydrogen-bond donors (Lipinski definition) is 0. The molecule has 5 heteroatoms. The number of aromatic nitrogens is 2. The minimum absolute atomic E-state index is 0.0756. The molecule has 0 spiro atoms. The van der Waals surface area contributed by atoms with E-state index in [0.29, 0.717) is 24.0 Å². The van der Waals surface area contributed by atoms with Crippen molar-refractivity contribution in [2.24, 2.45) is 0 Å². The molecule has 0 saturated heterocycles. The summed E-state index contributed by atoms with van der Waals surface area (Å²) >= 11 is 6.15. The number of carbonyl (C=O) groups excluding carboxylic acids is 1. The van der Waals surface area contributed by atoms with Gasteiger partial charge in [-0.3, -0.25) is 4.79 Å². The van der Waals surface area contributed by atoms with Gasteiger partial charge in [-0.25, -0.2) is 4.98 Å². The standard InChI is InChI=1S/C12H13ClN2O2/c1-8(16)12-14-10-5-3-4-9(13)11(10)15(12)6-7-17-2/h3-5H,6-7H2,1-2H3. The molecule has 1 aromatic heterocycles. The van der Waals surface area contributed by atoms with Crippen molar-refractivity contribution in [1.29, 1.82) is 0 Å². The molecular weight excluding hydrogens is 240 g/mol. The monoisotopic (exact) mass is 252 g/mol. The van der Waals surface area contributed by atoms with Gasteiger partial charge in [0.2, 0.25) is 0 Å². The maximum atomic E-state index is 11.5. The number of imidazole rings is 1. The molecule has 0 atom stereocenters. The van der Waals surface area contributed by atoms with Gasteiger partial charge in [0.15, 0.2) is 11.6 Å². The fourth-order valence-electron chi connectivity index (χ4n) is 1.81. The van der Waals surface area contributed by atoms with E-state index in [1.165, 1.54) is 6.92 Å². The van der Waals surface area contributed by atoms with Crippen molar-refractivity contribution in [2.75, 3.05) is 13.7 Å². The van der Waals surface area contributed by atoms with Crippen molar-refractivity contribution in [1.82, 2.24) is 9.55 Å². The summed E-state index contributed by atoms with van der Waals surface area (Å²) in [5.74, 6) is 0.346. The van der Waals surface area contributed by atoms with E-state index in [2.05, 4.69) is 4.98 Å². The number of hydrogen-bond acceptors (Lipinski definition) is 3. The van der Waals surface area contributed by atoms with Crippen molar-refractivity contribution >= 4 is 28.4 Å². The van der Waals surface area contributed by atoms with Crippen LogP contribution in [0.1, 0.15) is 17.5 Å². The predicted octanol–water partition coefficient (Wildman–Crippen LogP) is 2.54. The molecule has 0 aliphatic heterocycles. The normalized spacial score (nSPS) is 11.0. The number of fused-ring (bicyclic) bond motifs is 1. The fraction of sp³-hybridized carbons (Fsp3) is 0.333. The fourth-order valence-corrected chi connectivity index (χ4v) is 2.08. The molecule has 90 valence electrons. The van der Waals surface area contributed by atoms with Gasteiger partial charge in [-0.15, -0.1) is 0 Å². The van der Waals surface area contributed by atoms with Gasteiger partial charge in [-0.1, -0.05) is 17.7 Å². The highest BCUT2D eigenvalue weighted by Gasteiger charge is 2.15. The highest BCUT2D eigenvalue weighted by atomic mass is 35.5. The Balaban J connectivity index is 2.64. The molecule has 1 heterocycles. The number of Topliss-reactive ketones (excluding diaryl/α,β-unsaturated/α-hetero) is 1. The molecule has 2 rings (SSSR count). The number of benzene rings is 1. The second-order valence-electron chi connectivity index (χ2n) is 3.74. The second-order valence-corrected chi connectivity index (χ2v) is 4.15. The van der Waals surface area contributed by atoms with Crippen LogP contribution in [0, 0.1) is 0 Å². The quantitative estimate of drug-likeness (QED) is 0.786. The molecule has 4 nitrogen and oxygen atoms in total. The number of ether oxygens (including phenoxy) is 1. The van der Waals surface area contributed by atoms with Crippen molar-refractivity contribution in [3.63, 3.8) is 0 Å². The summed E-state index contributed by atoms with van der Waals surface area (Å²) in [6.07, 6.45) is 0. The number of halogens is 1. The first-order valence-electron chi connectivity index (χ1n) is 5.29. The van der Waals surface area contributed by atoms with E-state index in [1.807, 2.05) is 16.7 Å². The van der Waals surface area contributed by atoms with Gasteiger partial charge < -0.3 is 9.30 Å². The second kappa shape index (κ2) is 4.85. The molecule has 1 aromatic carbocycles. The van der Waals surface area contributed by atoms with Crippen LogP contribution in [0.15, 0.2) is 18.2 Å². The molecule has 0 radical (unpaired) electrons. The topological polar surface area (TPSA) is 44.1 Å². The van der Waals surface area contributed by atoms with Gasteiger partial charge in [-0.2, -0.15) is 0 Å². The molecular formula is C12H13ClN2O2. The molecule has 0 N–H and O–H groups in total. The van der Waals surface area contributed by atoms with Crippen molar-refractivity contribution in [3.05, 3.63) is 29.0 Å². The summed E-state index contributed by atoms with van der Waals surface area (Å²) < 4.78 is 6.84. The predicted molar refractivity (Wildman–Crippen MR) is 66.6 cm³/mol. The van der Waals surface area contributed by atoms with Gasteiger partial charge >= 0.3 is 0 Å². The third-order valence-electron chi connectivity index (χ3n) is 2.55. The lowest BCUT2D eigenvalue weighted by Gasteiger charge is -2.07. The number of carbonyl (C=O) groups is 1. The average Bonchev–Trinajstić information content (AvgIpc) is 2.66. The third-order valence-corrected chi connectivity index (χ3v) is 2.86. The molecule has 0 aliphatic rings. The zero-order valence-corrected chi connectivity index (χ0v) is 10.5. The Morgan fingerprint density at radius 2 is 2.29 bits per heavy atom. The molecule has 0 bridgehead atoms. The van der Waals surface area contributed by atoms with E-state index in [4.69, 9.17) is 16.3 Å². The SMILES string of the molecule is COCCn1c(C(C)=O)nc2cccc(Cl)c21.